The van der Waals surface area contributed by atoms with Crippen molar-refractivity contribution in [2.45, 2.75) is 13.8 Å². The molecule has 2 aromatic carbocycles. The minimum Gasteiger partial charge on any atom is -0.490 e. The number of rotatable bonds is 7. The maximum Gasteiger partial charge on any atom is 0.346 e. The second-order valence-electron chi connectivity index (χ2n) is 5.48. The maximum atomic E-state index is 11.0. The lowest BCUT2D eigenvalue weighted by Gasteiger charge is -2.12. The van der Waals surface area contributed by atoms with Crippen LogP contribution in [0.25, 0.3) is 6.08 Å². The summed E-state index contributed by atoms with van der Waals surface area (Å²) in [5.74, 6) is 0.0382. The van der Waals surface area contributed by atoms with E-state index in [1.165, 1.54) is 11.6 Å². The first-order valence-electron chi connectivity index (χ1n) is 7.78. The SMILES string of the molecule is Cc1ccc(OCCOc2ccccc2C=C(C#N)C(=O)O)c(C)c1. The number of aliphatic carboxylic acids is 1. The first-order chi connectivity index (χ1) is 12.0. The smallest absolute Gasteiger partial charge is 0.346 e. The van der Waals surface area contributed by atoms with Crippen molar-refractivity contribution in [3.63, 3.8) is 0 Å². The zero-order valence-electron chi connectivity index (χ0n) is 14.2. The van der Waals surface area contributed by atoms with E-state index >= 15 is 0 Å². The highest BCUT2D eigenvalue weighted by atomic mass is 16.5. The Labute approximate surface area is 146 Å². The second kappa shape index (κ2) is 8.55. The van der Waals surface area contributed by atoms with Crippen molar-refractivity contribution in [3.8, 4) is 17.6 Å². The van der Waals surface area contributed by atoms with Crippen LogP contribution in [0.5, 0.6) is 11.5 Å². The number of para-hydroxylation sites is 1. The fourth-order valence-corrected chi connectivity index (χ4v) is 2.29. The lowest BCUT2D eigenvalue weighted by atomic mass is 10.1. The normalized spacial score (nSPS) is 10.8. The third-order valence-corrected chi connectivity index (χ3v) is 3.50. The molecule has 5 heteroatoms. The fraction of sp³-hybridized carbons (Fsp3) is 0.200. The topological polar surface area (TPSA) is 79.5 Å². The highest BCUT2D eigenvalue weighted by Crippen LogP contribution is 2.22. The number of nitriles is 1. The minimum absolute atomic E-state index is 0.299. The van der Waals surface area contributed by atoms with Gasteiger partial charge in [0.25, 0.3) is 0 Å². The van der Waals surface area contributed by atoms with Gasteiger partial charge in [0, 0.05) is 5.56 Å². The predicted molar refractivity (Wildman–Crippen MR) is 94.6 cm³/mol. The number of hydrogen-bond acceptors (Lipinski definition) is 4. The van der Waals surface area contributed by atoms with Gasteiger partial charge in [0.2, 0.25) is 0 Å². The molecule has 0 saturated heterocycles. The van der Waals surface area contributed by atoms with E-state index in [4.69, 9.17) is 19.8 Å². The summed E-state index contributed by atoms with van der Waals surface area (Å²) in [4.78, 5) is 11.0. The Kier molecular flexibility index (Phi) is 6.19. The molecule has 0 unspecified atom stereocenters. The van der Waals surface area contributed by atoms with Gasteiger partial charge < -0.3 is 14.6 Å². The van der Waals surface area contributed by atoms with E-state index in [1.54, 1.807) is 30.3 Å². The molecule has 0 radical (unpaired) electrons. The van der Waals surface area contributed by atoms with Crippen LogP contribution in [0.3, 0.4) is 0 Å². The van der Waals surface area contributed by atoms with E-state index in [-0.39, 0.29) is 5.57 Å². The summed E-state index contributed by atoms with van der Waals surface area (Å²) in [6.45, 7) is 4.66. The van der Waals surface area contributed by atoms with Crippen LogP contribution < -0.4 is 9.47 Å². The van der Waals surface area contributed by atoms with Crippen LogP contribution >= 0.6 is 0 Å². The van der Waals surface area contributed by atoms with E-state index in [0.717, 1.165) is 11.3 Å². The summed E-state index contributed by atoms with van der Waals surface area (Å²) in [5.41, 5.74) is 2.42. The molecule has 0 aliphatic carbocycles. The standard InChI is InChI=1S/C20H19NO4/c1-14-7-8-18(15(2)11-14)24-9-10-25-19-6-4-3-5-16(19)12-17(13-21)20(22)23/h3-8,11-12H,9-10H2,1-2H3,(H,22,23). The Morgan fingerprint density at radius 2 is 1.80 bits per heavy atom. The first-order valence-corrected chi connectivity index (χ1v) is 7.78. The van der Waals surface area contributed by atoms with Gasteiger partial charge in [-0.25, -0.2) is 4.79 Å². The fourth-order valence-electron chi connectivity index (χ4n) is 2.29. The Morgan fingerprint density at radius 1 is 1.12 bits per heavy atom. The van der Waals surface area contributed by atoms with Crippen molar-refractivity contribution in [2.24, 2.45) is 0 Å². The molecule has 2 rings (SSSR count). The molecule has 0 atom stereocenters. The Hall–Kier alpha value is -3.26. The Balaban J connectivity index is 2.00. The molecular weight excluding hydrogens is 318 g/mol. The lowest BCUT2D eigenvalue weighted by Crippen LogP contribution is -2.10. The van der Waals surface area contributed by atoms with Gasteiger partial charge in [0.1, 0.15) is 36.4 Å². The van der Waals surface area contributed by atoms with Gasteiger partial charge in [-0.1, -0.05) is 35.9 Å². The molecule has 0 aliphatic rings. The summed E-state index contributed by atoms with van der Waals surface area (Å²) < 4.78 is 11.4. The third-order valence-electron chi connectivity index (χ3n) is 3.50. The van der Waals surface area contributed by atoms with Gasteiger partial charge >= 0.3 is 5.97 Å². The largest absolute Gasteiger partial charge is 0.490 e. The lowest BCUT2D eigenvalue weighted by molar-refractivity contribution is -0.132. The van der Waals surface area contributed by atoms with Gasteiger partial charge in [0.05, 0.1) is 0 Å². The van der Waals surface area contributed by atoms with Crippen molar-refractivity contribution < 1.29 is 19.4 Å². The van der Waals surface area contributed by atoms with Gasteiger partial charge in [-0.15, -0.1) is 0 Å². The molecule has 0 aliphatic heterocycles. The number of aryl methyl sites for hydroxylation is 2. The monoisotopic (exact) mass is 337 g/mol. The average molecular weight is 337 g/mol. The van der Waals surface area contributed by atoms with Crippen molar-refractivity contribution in [3.05, 3.63) is 64.7 Å². The molecule has 0 bridgehead atoms. The number of hydrogen-bond donors (Lipinski definition) is 1. The van der Waals surface area contributed by atoms with E-state index in [9.17, 15) is 4.79 Å². The van der Waals surface area contributed by atoms with Gasteiger partial charge in [0.15, 0.2) is 0 Å². The van der Waals surface area contributed by atoms with Crippen LogP contribution in [0.15, 0.2) is 48.0 Å². The average Bonchev–Trinajstić information content (AvgIpc) is 2.58. The van der Waals surface area contributed by atoms with Crippen LogP contribution in [-0.2, 0) is 4.79 Å². The van der Waals surface area contributed by atoms with Crippen LogP contribution in [0.2, 0.25) is 0 Å². The quantitative estimate of drug-likeness (QED) is 0.473. The summed E-state index contributed by atoms with van der Waals surface area (Å²) >= 11 is 0. The van der Waals surface area contributed by atoms with Crippen molar-refractivity contribution >= 4 is 12.0 Å². The number of carboxylic acid groups (broad SMARTS) is 1. The molecule has 0 heterocycles. The molecular formula is C20H19NO4. The van der Waals surface area contributed by atoms with Crippen LogP contribution in [0.1, 0.15) is 16.7 Å². The van der Waals surface area contributed by atoms with E-state index in [2.05, 4.69) is 0 Å². The highest BCUT2D eigenvalue weighted by Gasteiger charge is 2.08. The summed E-state index contributed by atoms with van der Waals surface area (Å²) in [7, 11) is 0. The minimum atomic E-state index is -1.27. The zero-order chi connectivity index (χ0) is 18.2. The van der Waals surface area contributed by atoms with Gasteiger partial charge in [-0.3, -0.25) is 0 Å². The number of ether oxygens (including phenoxy) is 2. The molecule has 0 aromatic heterocycles. The van der Waals surface area contributed by atoms with Crippen LogP contribution in [-0.4, -0.2) is 24.3 Å². The molecule has 128 valence electrons. The first kappa shape index (κ1) is 18.1. The molecule has 0 amide bonds. The molecule has 1 N–H and O–H groups in total. The molecule has 25 heavy (non-hydrogen) atoms. The van der Waals surface area contributed by atoms with Crippen molar-refractivity contribution in [1.29, 1.82) is 5.26 Å². The number of nitrogens with zero attached hydrogens (tertiary/aromatic N) is 1. The van der Waals surface area contributed by atoms with Crippen LogP contribution in [0, 0.1) is 25.2 Å². The molecule has 0 fully saturated rings. The number of carbonyl (C=O) groups is 1. The van der Waals surface area contributed by atoms with E-state index < -0.39 is 5.97 Å². The molecule has 0 saturated carbocycles. The maximum absolute atomic E-state index is 11.0. The van der Waals surface area contributed by atoms with Crippen molar-refractivity contribution in [2.75, 3.05) is 13.2 Å². The second-order valence-corrected chi connectivity index (χ2v) is 5.48. The molecule has 2 aromatic rings. The van der Waals surface area contributed by atoms with Gasteiger partial charge in [-0.2, -0.15) is 5.26 Å². The molecule has 5 nitrogen and oxygen atoms in total. The zero-order valence-corrected chi connectivity index (χ0v) is 14.2. The van der Waals surface area contributed by atoms with Crippen LogP contribution in [0.4, 0.5) is 0 Å². The summed E-state index contributed by atoms with van der Waals surface area (Å²) in [6, 6.07) is 14.6. The van der Waals surface area contributed by atoms with Crippen molar-refractivity contribution in [1.82, 2.24) is 0 Å². The number of carboxylic acids is 1. The third kappa shape index (κ3) is 5.11. The summed E-state index contributed by atoms with van der Waals surface area (Å²) in [6.07, 6.45) is 1.29. The predicted octanol–water partition coefficient (Wildman–Crippen LogP) is 3.75. The summed E-state index contributed by atoms with van der Waals surface area (Å²) in [5, 5.41) is 17.8. The Morgan fingerprint density at radius 3 is 2.44 bits per heavy atom. The Bertz CT molecular complexity index is 834. The van der Waals surface area contributed by atoms with Gasteiger partial charge in [-0.05, 0) is 37.6 Å². The van der Waals surface area contributed by atoms with E-state index in [1.807, 2.05) is 32.0 Å². The molecule has 0 spiro atoms. The number of benzene rings is 2. The van der Waals surface area contributed by atoms with E-state index in [0.29, 0.717) is 24.5 Å². The highest BCUT2D eigenvalue weighted by molar-refractivity contribution is 5.96.